The summed E-state index contributed by atoms with van der Waals surface area (Å²) < 4.78 is 30.4. The second-order valence-electron chi connectivity index (χ2n) is 2.32. The molecule has 0 aliphatic carbocycles. The molecule has 6 heteroatoms. The molecule has 1 rings (SSSR count). The van der Waals surface area contributed by atoms with Crippen LogP contribution in [0.5, 0.6) is 0 Å². The molecule has 1 N–H and O–H groups in total. The van der Waals surface area contributed by atoms with Crippen LogP contribution in [0.1, 0.15) is 5.56 Å². The summed E-state index contributed by atoms with van der Waals surface area (Å²) >= 11 is 2.02. The third kappa shape index (κ3) is 5.34. The minimum atomic E-state index is -3.90. The number of benzene rings is 1. The van der Waals surface area contributed by atoms with Gasteiger partial charge in [0.2, 0.25) is 0 Å². The van der Waals surface area contributed by atoms with Crippen LogP contribution >= 0.6 is 22.6 Å². The summed E-state index contributed by atoms with van der Waals surface area (Å²) in [4.78, 5) is 0. The third-order valence-electron chi connectivity index (χ3n) is 1.30. The molecule has 0 heterocycles. The molecule has 3 nitrogen and oxygen atoms in total. The zero-order valence-corrected chi connectivity index (χ0v) is 9.04. The molecule has 0 aromatic heterocycles. The van der Waals surface area contributed by atoms with Crippen molar-refractivity contribution in [2.75, 3.05) is 0 Å². The molecule has 0 radical (unpaired) electrons. The Kier molecular flexibility index (Phi) is 6.05. The predicted molar refractivity (Wildman–Crippen MR) is 61.6 cm³/mol. The normalized spacial score (nSPS) is 10.6. The molecule has 68 valence electrons. The van der Waals surface area contributed by atoms with Gasteiger partial charge in [0, 0.05) is 3.57 Å². The first-order chi connectivity index (χ1) is 5.49. The zero-order chi connectivity index (χ0) is 9.19. The van der Waals surface area contributed by atoms with Gasteiger partial charge in [-0.15, -0.1) is 0 Å². The summed E-state index contributed by atoms with van der Waals surface area (Å²) in [5.41, 5.74) is 0.626. The van der Waals surface area contributed by atoms with Gasteiger partial charge in [0.25, 0.3) is 10.1 Å². The van der Waals surface area contributed by atoms with Gasteiger partial charge in [0.05, 0.1) is 0 Å². The van der Waals surface area contributed by atoms with Crippen molar-refractivity contribution in [1.82, 2.24) is 0 Å². The molecular formula is C7H8INaO3S. The first-order valence-corrected chi connectivity index (χ1v) is 5.86. The fraction of sp³-hybridized carbons (Fsp3) is 0.143. The summed E-state index contributed by atoms with van der Waals surface area (Å²) in [6.45, 7) is 0. The fourth-order valence-electron chi connectivity index (χ4n) is 0.812. The van der Waals surface area contributed by atoms with Crippen molar-refractivity contribution >= 4 is 62.3 Å². The molecule has 0 aliphatic heterocycles. The van der Waals surface area contributed by atoms with Crippen LogP contribution in [0.2, 0.25) is 0 Å². The summed E-state index contributed by atoms with van der Waals surface area (Å²) in [7, 11) is -3.90. The maximum absolute atomic E-state index is 10.5. The molecule has 0 unspecified atom stereocenters. The van der Waals surface area contributed by atoms with Crippen LogP contribution < -0.4 is 0 Å². The predicted octanol–water partition coefficient (Wildman–Crippen LogP) is 1.03. The van der Waals surface area contributed by atoms with E-state index in [-0.39, 0.29) is 35.3 Å². The van der Waals surface area contributed by atoms with Crippen molar-refractivity contribution in [2.24, 2.45) is 0 Å². The van der Waals surface area contributed by atoms with E-state index in [2.05, 4.69) is 0 Å². The van der Waals surface area contributed by atoms with Crippen molar-refractivity contribution in [3.8, 4) is 0 Å². The van der Waals surface area contributed by atoms with Crippen molar-refractivity contribution in [3.05, 3.63) is 33.4 Å². The molecule has 1 aromatic carbocycles. The van der Waals surface area contributed by atoms with Gasteiger partial charge in [0.1, 0.15) is 5.75 Å². The van der Waals surface area contributed by atoms with Gasteiger partial charge in [-0.05, 0) is 34.2 Å². The Morgan fingerprint density at radius 2 is 1.85 bits per heavy atom. The van der Waals surface area contributed by atoms with Gasteiger partial charge in [0.15, 0.2) is 0 Å². The molecule has 1 aromatic rings. The van der Waals surface area contributed by atoms with Crippen molar-refractivity contribution < 1.29 is 13.0 Å². The van der Waals surface area contributed by atoms with Crippen LogP contribution in [0.4, 0.5) is 0 Å². The molecule has 0 bridgehead atoms. The monoisotopic (exact) mass is 322 g/mol. The van der Waals surface area contributed by atoms with Gasteiger partial charge in [-0.3, -0.25) is 4.55 Å². The van der Waals surface area contributed by atoms with Crippen LogP contribution in [0, 0.1) is 3.57 Å². The SMILES string of the molecule is O=S(=O)(O)Cc1ccccc1I.[NaH]. The quantitative estimate of drug-likeness (QED) is 0.503. The fourth-order valence-corrected chi connectivity index (χ4v) is 2.29. The van der Waals surface area contributed by atoms with E-state index in [0.29, 0.717) is 5.56 Å². The van der Waals surface area contributed by atoms with E-state index < -0.39 is 10.1 Å². The maximum atomic E-state index is 10.5. The van der Waals surface area contributed by atoms with E-state index in [1.807, 2.05) is 28.7 Å². The van der Waals surface area contributed by atoms with Gasteiger partial charge in [-0.25, -0.2) is 0 Å². The Bertz CT molecular complexity index is 377. The standard InChI is InChI=1S/C7H7IO3S.Na.H/c8-7-4-2-1-3-6(7)5-12(9,10)11;;/h1-4H,5H2,(H,9,10,11);;. The Morgan fingerprint density at radius 1 is 1.31 bits per heavy atom. The Hall–Kier alpha value is 0.860. The number of hydrogen-bond donors (Lipinski definition) is 1. The van der Waals surface area contributed by atoms with E-state index in [1.165, 1.54) is 0 Å². The van der Waals surface area contributed by atoms with E-state index in [9.17, 15) is 8.42 Å². The van der Waals surface area contributed by atoms with Crippen molar-refractivity contribution in [3.63, 3.8) is 0 Å². The van der Waals surface area contributed by atoms with Crippen LogP contribution in [-0.2, 0) is 15.9 Å². The first kappa shape index (κ1) is 13.9. The average molecular weight is 322 g/mol. The summed E-state index contributed by atoms with van der Waals surface area (Å²) in [6.07, 6.45) is 0. The van der Waals surface area contributed by atoms with E-state index in [4.69, 9.17) is 4.55 Å². The van der Waals surface area contributed by atoms with E-state index >= 15 is 0 Å². The number of halogens is 1. The molecule has 0 saturated heterocycles. The van der Waals surface area contributed by atoms with Crippen LogP contribution in [-0.4, -0.2) is 42.5 Å². The van der Waals surface area contributed by atoms with E-state index in [0.717, 1.165) is 3.57 Å². The average Bonchev–Trinajstić information content (AvgIpc) is 1.91. The van der Waals surface area contributed by atoms with Gasteiger partial charge < -0.3 is 0 Å². The molecule has 0 saturated carbocycles. The summed E-state index contributed by atoms with van der Waals surface area (Å²) in [6, 6.07) is 7.02. The van der Waals surface area contributed by atoms with Crippen LogP contribution in [0.25, 0.3) is 0 Å². The van der Waals surface area contributed by atoms with E-state index in [1.54, 1.807) is 18.2 Å². The summed E-state index contributed by atoms with van der Waals surface area (Å²) in [5, 5.41) is 0. The second-order valence-corrected chi connectivity index (χ2v) is 4.93. The molecule has 13 heavy (non-hydrogen) atoms. The molecule has 0 spiro atoms. The van der Waals surface area contributed by atoms with Crippen LogP contribution in [0.3, 0.4) is 0 Å². The Labute approximate surface area is 113 Å². The first-order valence-electron chi connectivity index (χ1n) is 3.17. The van der Waals surface area contributed by atoms with Crippen molar-refractivity contribution in [2.45, 2.75) is 5.75 Å². The molecule has 0 atom stereocenters. The van der Waals surface area contributed by atoms with Gasteiger partial charge in [-0.2, -0.15) is 8.42 Å². The topological polar surface area (TPSA) is 54.4 Å². The molecule has 0 amide bonds. The van der Waals surface area contributed by atoms with Crippen LogP contribution in [0.15, 0.2) is 24.3 Å². The molecule has 0 fully saturated rings. The Morgan fingerprint density at radius 3 is 2.31 bits per heavy atom. The number of rotatable bonds is 2. The van der Waals surface area contributed by atoms with Gasteiger partial charge >= 0.3 is 29.6 Å². The minimum absolute atomic E-state index is 0. The molecular weight excluding hydrogens is 314 g/mol. The van der Waals surface area contributed by atoms with Gasteiger partial charge in [-0.1, -0.05) is 18.2 Å². The second kappa shape index (κ2) is 5.67. The third-order valence-corrected chi connectivity index (χ3v) is 3.02. The number of hydrogen-bond acceptors (Lipinski definition) is 2. The Balaban J connectivity index is 0.00000144. The molecule has 0 aliphatic rings. The summed E-state index contributed by atoms with van der Waals surface area (Å²) in [5.74, 6) is -0.313. The zero-order valence-electron chi connectivity index (χ0n) is 6.07. The van der Waals surface area contributed by atoms with Crippen molar-refractivity contribution in [1.29, 1.82) is 0 Å².